The number of carbonyl (C=O) groups excluding carboxylic acids is 3. The summed E-state index contributed by atoms with van der Waals surface area (Å²) in [4.78, 5) is 40.3. The molecular weight excluding hydrogens is 350 g/mol. The first-order valence-electron chi connectivity index (χ1n) is 9.73. The van der Waals surface area contributed by atoms with Crippen LogP contribution in [0.2, 0.25) is 0 Å². The Balaban J connectivity index is 1.54. The van der Waals surface area contributed by atoms with Gasteiger partial charge in [-0.3, -0.25) is 9.59 Å². The molecule has 0 radical (unpaired) electrons. The van der Waals surface area contributed by atoms with E-state index in [1.54, 1.807) is 11.8 Å². The van der Waals surface area contributed by atoms with Crippen LogP contribution < -0.4 is 5.32 Å². The van der Waals surface area contributed by atoms with Crippen LogP contribution >= 0.6 is 0 Å². The highest BCUT2D eigenvalue weighted by atomic mass is 16.6. The quantitative estimate of drug-likeness (QED) is 0.692. The number of nitrogens with zero attached hydrogens (tertiary/aromatic N) is 2. The zero-order chi connectivity index (χ0) is 20.1. The fraction of sp³-hybridized carbons (Fsp3) is 0.842. The number of nitrogens with one attached hydrogen (secondary N) is 1. The topological polar surface area (TPSA) is 99.2 Å². The molecule has 27 heavy (non-hydrogen) atoms. The summed E-state index contributed by atoms with van der Waals surface area (Å²) in [6, 6.07) is -0.316. The number of rotatable bonds is 3. The maximum absolute atomic E-state index is 12.9. The van der Waals surface area contributed by atoms with Crippen molar-refractivity contribution in [3.63, 3.8) is 0 Å². The lowest BCUT2D eigenvalue weighted by atomic mass is 9.78. The van der Waals surface area contributed by atoms with Crippen molar-refractivity contribution in [2.45, 2.75) is 52.4 Å². The van der Waals surface area contributed by atoms with Crippen molar-refractivity contribution in [3.05, 3.63) is 0 Å². The van der Waals surface area contributed by atoms with Gasteiger partial charge in [0, 0.05) is 38.0 Å². The lowest BCUT2D eigenvalue weighted by Crippen LogP contribution is -2.66. The Kier molecular flexibility index (Phi) is 5.14. The van der Waals surface area contributed by atoms with Crippen LogP contribution in [-0.4, -0.2) is 76.7 Å². The molecule has 0 spiro atoms. The van der Waals surface area contributed by atoms with E-state index in [0.717, 1.165) is 0 Å². The van der Waals surface area contributed by atoms with E-state index in [2.05, 4.69) is 5.32 Å². The highest BCUT2D eigenvalue weighted by Gasteiger charge is 2.50. The summed E-state index contributed by atoms with van der Waals surface area (Å²) >= 11 is 0. The second kappa shape index (κ2) is 6.96. The van der Waals surface area contributed by atoms with Crippen molar-refractivity contribution in [1.29, 1.82) is 0 Å². The zero-order valence-corrected chi connectivity index (χ0v) is 16.8. The average Bonchev–Trinajstić information content (AvgIpc) is 3.07. The average molecular weight is 381 g/mol. The van der Waals surface area contributed by atoms with Gasteiger partial charge >= 0.3 is 6.09 Å². The molecule has 3 saturated heterocycles. The van der Waals surface area contributed by atoms with Crippen LogP contribution in [0.1, 0.15) is 34.6 Å². The molecule has 3 rings (SSSR count). The Morgan fingerprint density at radius 1 is 1.11 bits per heavy atom. The van der Waals surface area contributed by atoms with Crippen molar-refractivity contribution in [3.8, 4) is 0 Å². The van der Waals surface area contributed by atoms with Gasteiger partial charge in [-0.1, -0.05) is 6.92 Å². The van der Waals surface area contributed by atoms with E-state index in [1.807, 2.05) is 32.6 Å². The van der Waals surface area contributed by atoms with Crippen molar-refractivity contribution in [2.75, 3.05) is 26.2 Å². The molecule has 3 heterocycles. The van der Waals surface area contributed by atoms with Crippen molar-refractivity contribution in [2.24, 2.45) is 23.7 Å². The normalized spacial score (nSPS) is 32.4. The van der Waals surface area contributed by atoms with Crippen molar-refractivity contribution in [1.82, 2.24) is 15.1 Å². The summed E-state index contributed by atoms with van der Waals surface area (Å²) in [6.07, 6.45) is -1.06. The van der Waals surface area contributed by atoms with Crippen LogP contribution in [0, 0.1) is 23.7 Å². The highest BCUT2D eigenvalue weighted by Crippen LogP contribution is 2.34. The van der Waals surface area contributed by atoms with Gasteiger partial charge in [-0.15, -0.1) is 0 Å². The Morgan fingerprint density at radius 2 is 1.63 bits per heavy atom. The molecule has 3 fully saturated rings. The number of hydrogen-bond donors (Lipinski definition) is 2. The molecule has 0 saturated carbocycles. The summed E-state index contributed by atoms with van der Waals surface area (Å²) < 4.78 is 5.44. The Morgan fingerprint density at radius 3 is 2.07 bits per heavy atom. The van der Waals surface area contributed by atoms with Crippen LogP contribution in [0.5, 0.6) is 0 Å². The minimum Gasteiger partial charge on any atom is -0.444 e. The molecule has 8 nitrogen and oxygen atoms in total. The highest BCUT2D eigenvalue weighted by molar-refractivity contribution is 5.90. The van der Waals surface area contributed by atoms with E-state index in [1.165, 1.54) is 0 Å². The van der Waals surface area contributed by atoms with Crippen LogP contribution in [0.15, 0.2) is 0 Å². The number of amides is 3. The first-order valence-corrected chi connectivity index (χ1v) is 9.73. The first kappa shape index (κ1) is 19.9. The van der Waals surface area contributed by atoms with Crippen LogP contribution in [0.25, 0.3) is 0 Å². The van der Waals surface area contributed by atoms with Crippen LogP contribution in [0.4, 0.5) is 4.79 Å². The molecule has 3 aliphatic heterocycles. The maximum Gasteiger partial charge on any atom is 0.410 e. The van der Waals surface area contributed by atoms with E-state index in [-0.39, 0.29) is 41.7 Å². The summed E-state index contributed by atoms with van der Waals surface area (Å²) in [7, 11) is 0. The third-order valence-corrected chi connectivity index (χ3v) is 5.90. The predicted molar refractivity (Wildman–Crippen MR) is 97.6 cm³/mol. The third kappa shape index (κ3) is 3.90. The van der Waals surface area contributed by atoms with Gasteiger partial charge in [0.2, 0.25) is 11.8 Å². The summed E-state index contributed by atoms with van der Waals surface area (Å²) in [6.45, 7) is 11.4. The summed E-state index contributed by atoms with van der Waals surface area (Å²) in [5.74, 6) is -0.559. The third-order valence-electron chi connectivity index (χ3n) is 5.90. The maximum atomic E-state index is 12.9. The molecule has 3 amide bonds. The molecule has 3 unspecified atom stereocenters. The van der Waals surface area contributed by atoms with Gasteiger partial charge in [0.15, 0.2) is 0 Å². The van der Waals surface area contributed by atoms with Crippen molar-refractivity contribution < 1.29 is 24.2 Å². The van der Waals surface area contributed by atoms with Gasteiger partial charge in [0.05, 0.1) is 24.0 Å². The molecular formula is C19H31N3O5. The van der Waals surface area contributed by atoms with Gasteiger partial charge in [-0.05, 0) is 27.7 Å². The number of β-lactam (4-membered cyclic amide) rings is 1. The number of likely N-dealkylation sites (tertiary alicyclic amines) is 2. The van der Waals surface area contributed by atoms with E-state index >= 15 is 0 Å². The van der Waals surface area contributed by atoms with E-state index < -0.39 is 17.6 Å². The Bertz CT molecular complexity index is 615. The molecule has 152 valence electrons. The smallest absolute Gasteiger partial charge is 0.410 e. The summed E-state index contributed by atoms with van der Waals surface area (Å²) in [5.41, 5.74) is -0.514. The summed E-state index contributed by atoms with van der Waals surface area (Å²) in [5, 5.41) is 12.5. The number of fused-ring (bicyclic) bond motifs is 1. The monoisotopic (exact) mass is 381 g/mol. The van der Waals surface area contributed by atoms with Gasteiger partial charge in [-0.2, -0.15) is 0 Å². The molecule has 0 aromatic heterocycles. The molecule has 3 aliphatic rings. The van der Waals surface area contributed by atoms with E-state index in [4.69, 9.17) is 4.74 Å². The number of ether oxygens (including phenoxy) is 1. The van der Waals surface area contributed by atoms with Crippen LogP contribution in [0.3, 0.4) is 0 Å². The Labute approximate surface area is 160 Å². The molecule has 8 heteroatoms. The van der Waals surface area contributed by atoms with E-state index in [0.29, 0.717) is 26.2 Å². The minimum atomic E-state index is -0.764. The lowest BCUT2D eigenvalue weighted by molar-refractivity contribution is -0.148. The molecule has 0 bridgehead atoms. The molecule has 0 aromatic carbocycles. The second-order valence-corrected chi connectivity index (χ2v) is 9.24. The van der Waals surface area contributed by atoms with Gasteiger partial charge in [0.1, 0.15) is 5.60 Å². The standard InChI is InChI=1S/C19H31N3O5/c1-10(15-14(11(2)23)16(24)20-15)17(25)21-6-12-8-22(9-13(12)7-21)18(26)27-19(3,4)5/h10-15,23H,6-9H2,1-5H3,(H,20,24)/t10?,11-,12?,13?,14-,15-/m1/s1. The lowest BCUT2D eigenvalue weighted by Gasteiger charge is -2.42. The fourth-order valence-electron chi connectivity index (χ4n) is 4.46. The number of carbonyl (C=O) groups is 3. The molecule has 6 atom stereocenters. The second-order valence-electron chi connectivity index (χ2n) is 9.24. The molecule has 0 aromatic rings. The largest absolute Gasteiger partial charge is 0.444 e. The Hall–Kier alpha value is -1.83. The SMILES string of the molecule is CC(C(=O)N1CC2CN(C(=O)OC(C)(C)C)CC2C1)[C@H]1NC(=O)[C@@H]1[C@@H](C)O. The number of hydrogen-bond acceptors (Lipinski definition) is 5. The fourth-order valence-corrected chi connectivity index (χ4v) is 4.46. The van der Waals surface area contributed by atoms with Crippen LogP contribution in [-0.2, 0) is 14.3 Å². The van der Waals surface area contributed by atoms with E-state index in [9.17, 15) is 19.5 Å². The first-order chi connectivity index (χ1) is 12.5. The number of aliphatic hydroxyl groups excluding tert-OH is 1. The predicted octanol–water partition coefficient (Wildman–Crippen LogP) is 0.443. The van der Waals surface area contributed by atoms with Gasteiger partial charge in [-0.25, -0.2) is 4.79 Å². The minimum absolute atomic E-state index is 0.00358. The molecule has 0 aliphatic carbocycles. The zero-order valence-electron chi connectivity index (χ0n) is 16.8. The van der Waals surface area contributed by atoms with Crippen molar-refractivity contribution >= 4 is 17.9 Å². The van der Waals surface area contributed by atoms with Gasteiger partial charge < -0.3 is 25.0 Å². The number of aliphatic hydroxyl groups is 1. The molecule has 2 N–H and O–H groups in total. The van der Waals surface area contributed by atoms with Gasteiger partial charge in [0.25, 0.3) is 0 Å².